The summed E-state index contributed by atoms with van der Waals surface area (Å²) in [7, 11) is 0. The summed E-state index contributed by atoms with van der Waals surface area (Å²) in [5, 5.41) is 3.36. The maximum atomic E-state index is 5.85. The molecule has 16 heavy (non-hydrogen) atoms. The van der Waals surface area contributed by atoms with E-state index in [-0.39, 0.29) is 3.78 Å². The zero-order valence-electron chi connectivity index (χ0n) is 7.93. The van der Waals surface area contributed by atoms with Gasteiger partial charge in [-0.3, -0.25) is 0 Å². The number of aliphatic imine (C=N–C) groups is 1. The number of isothiocyanates is 1. The Morgan fingerprint density at radius 2 is 1.81 bits per heavy atom. The summed E-state index contributed by atoms with van der Waals surface area (Å²) in [6, 6.07) is 3.40. The average Bonchev–Trinajstić information content (AvgIpc) is 2.10. The molecule has 0 saturated carbocycles. The lowest BCUT2D eigenvalue weighted by Crippen LogP contribution is -1.76. The van der Waals surface area contributed by atoms with Gasteiger partial charge in [-0.15, -0.1) is 0 Å². The van der Waals surface area contributed by atoms with E-state index in [1.165, 1.54) is 0 Å². The number of nitrogens with zero attached hydrogens (tertiary/aromatic N) is 1. The second-order valence-electron chi connectivity index (χ2n) is 2.48. The van der Waals surface area contributed by atoms with Gasteiger partial charge in [-0.25, -0.2) is 0 Å². The van der Waals surface area contributed by atoms with Crippen LogP contribution in [-0.4, -0.2) is 8.94 Å². The van der Waals surface area contributed by atoms with Crippen LogP contribution in [0.25, 0.3) is 0 Å². The molecule has 0 N–H and O–H groups in total. The predicted molar refractivity (Wildman–Crippen MR) is 80.2 cm³/mol. The van der Waals surface area contributed by atoms with Gasteiger partial charge in [-0.1, -0.05) is 58.6 Å². The van der Waals surface area contributed by atoms with E-state index in [0.717, 1.165) is 5.56 Å². The van der Waals surface area contributed by atoms with E-state index in [2.05, 4.69) is 34.6 Å². The van der Waals surface area contributed by atoms with E-state index >= 15 is 0 Å². The summed E-state index contributed by atoms with van der Waals surface area (Å²) >= 11 is 29.7. The zero-order chi connectivity index (χ0) is 12.7. The molecule has 0 fully saturated rings. The molecule has 0 aliphatic rings. The molecule has 0 bridgehead atoms. The van der Waals surface area contributed by atoms with E-state index in [4.69, 9.17) is 46.4 Å². The lowest BCUT2D eigenvalue weighted by molar-refractivity contribution is 1.41. The minimum Gasteiger partial charge on any atom is -0.193 e. The lowest BCUT2D eigenvalue weighted by Gasteiger charge is -2.01. The van der Waals surface area contributed by atoms with Crippen LogP contribution in [0.2, 0.25) is 10.0 Å². The Morgan fingerprint density at radius 1 is 1.31 bits per heavy atom. The Hall–Kier alpha value is 0.270. The molecule has 0 aliphatic carbocycles. The van der Waals surface area contributed by atoms with Crippen LogP contribution in [0.4, 0.5) is 5.69 Å². The Kier molecular flexibility index (Phi) is 8.52. The molecule has 0 saturated heterocycles. The van der Waals surface area contributed by atoms with Crippen molar-refractivity contribution in [2.45, 2.75) is 6.92 Å². The van der Waals surface area contributed by atoms with Gasteiger partial charge in [0.2, 0.25) is 0 Å². The van der Waals surface area contributed by atoms with Crippen molar-refractivity contribution in [3.63, 3.8) is 0 Å². The standard InChI is InChI=1S/C8H5Cl2NS.CCl2S/c1-5-2-6(9)3-7(10)8(5)11-4-12;2-1(3)4/h2-3H,1H3;. The highest BCUT2D eigenvalue weighted by atomic mass is 35.5. The molecular formula is C9H5Cl4NS2. The van der Waals surface area contributed by atoms with E-state index in [0.29, 0.717) is 15.7 Å². The van der Waals surface area contributed by atoms with Crippen LogP contribution in [0.15, 0.2) is 17.1 Å². The van der Waals surface area contributed by atoms with Gasteiger partial charge in [0.05, 0.1) is 15.9 Å². The van der Waals surface area contributed by atoms with Gasteiger partial charge < -0.3 is 0 Å². The molecule has 1 rings (SSSR count). The molecule has 0 radical (unpaired) electrons. The van der Waals surface area contributed by atoms with Gasteiger partial charge in [-0.05, 0) is 36.8 Å². The summed E-state index contributed by atoms with van der Waals surface area (Å²) < 4.78 is -0.0556. The third-order valence-corrected chi connectivity index (χ3v) is 1.97. The maximum absolute atomic E-state index is 5.85. The van der Waals surface area contributed by atoms with Gasteiger partial charge in [0.1, 0.15) is 0 Å². The molecule has 86 valence electrons. The first-order valence-electron chi connectivity index (χ1n) is 3.77. The number of benzene rings is 1. The summed E-state index contributed by atoms with van der Waals surface area (Å²) in [6.07, 6.45) is 0. The first-order valence-corrected chi connectivity index (χ1v) is 6.09. The molecule has 0 unspecified atom stereocenters. The average molecular weight is 333 g/mol. The van der Waals surface area contributed by atoms with Crippen molar-refractivity contribution < 1.29 is 0 Å². The molecule has 0 amide bonds. The fraction of sp³-hybridized carbons (Fsp3) is 0.111. The van der Waals surface area contributed by atoms with Crippen molar-refractivity contribution >= 4 is 85.5 Å². The molecule has 1 aromatic rings. The highest BCUT2D eigenvalue weighted by Crippen LogP contribution is 2.31. The molecular weight excluding hydrogens is 328 g/mol. The molecule has 0 aromatic heterocycles. The summed E-state index contributed by atoms with van der Waals surface area (Å²) in [5.74, 6) is 0. The monoisotopic (exact) mass is 331 g/mol. The number of rotatable bonds is 1. The fourth-order valence-electron chi connectivity index (χ4n) is 0.882. The third kappa shape index (κ3) is 6.77. The van der Waals surface area contributed by atoms with Crippen LogP contribution in [0.5, 0.6) is 0 Å². The van der Waals surface area contributed by atoms with Crippen molar-refractivity contribution in [2.75, 3.05) is 0 Å². The van der Waals surface area contributed by atoms with E-state index in [1.54, 1.807) is 12.1 Å². The van der Waals surface area contributed by atoms with Crippen molar-refractivity contribution in [3.05, 3.63) is 27.7 Å². The van der Waals surface area contributed by atoms with Crippen LogP contribution >= 0.6 is 70.8 Å². The Morgan fingerprint density at radius 3 is 2.19 bits per heavy atom. The van der Waals surface area contributed by atoms with Gasteiger partial charge in [-0.2, -0.15) is 4.99 Å². The molecule has 0 aliphatic heterocycles. The second-order valence-corrected chi connectivity index (χ2v) is 5.31. The predicted octanol–water partition coefficient (Wildman–Crippen LogP) is 5.79. The van der Waals surface area contributed by atoms with Crippen LogP contribution in [-0.2, 0) is 0 Å². The van der Waals surface area contributed by atoms with Crippen molar-refractivity contribution in [2.24, 2.45) is 4.99 Å². The van der Waals surface area contributed by atoms with Crippen LogP contribution < -0.4 is 0 Å². The molecule has 7 heteroatoms. The summed E-state index contributed by atoms with van der Waals surface area (Å²) in [5.41, 5.74) is 1.53. The van der Waals surface area contributed by atoms with Gasteiger partial charge in [0, 0.05) is 5.02 Å². The Balaban J connectivity index is 0.000000487. The van der Waals surface area contributed by atoms with Gasteiger partial charge in [0.15, 0.2) is 3.78 Å². The minimum absolute atomic E-state index is 0.0556. The molecule has 0 atom stereocenters. The molecule has 1 nitrogen and oxygen atoms in total. The smallest absolute Gasteiger partial charge is 0.169 e. The largest absolute Gasteiger partial charge is 0.193 e. The molecule has 0 spiro atoms. The topological polar surface area (TPSA) is 12.4 Å². The van der Waals surface area contributed by atoms with Crippen molar-refractivity contribution in [1.82, 2.24) is 0 Å². The number of hydrogen-bond donors (Lipinski definition) is 0. The van der Waals surface area contributed by atoms with E-state index in [9.17, 15) is 0 Å². The zero-order valence-corrected chi connectivity index (χ0v) is 12.6. The Labute approximate surface area is 124 Å². The van der Waals surface area contributed by atoms with Crippen LogP contribution in [0.3, 0.4) is 0 Å². The second kappa shape index (κ2) is 8.37. The van der Waals surface area contributed by atoms with Gasteiger partial charge in [0.25, 0.3) is 0 Å². The SMILES string of the molecule is Cc1cc(Cl)cc(Cl)c1N=C=S.S=C(Cl)Cl. The minimum atomic E-state index is -0.0556. The fourth-order valence-corrected chi connectivity index (χ4v) is 1.61. The van der Waals surface area contributed by atoms with Crippen molar-refractivity contribution in [1.29, 1.82) is 0 Å². The van der Waals surface area contributed by atoms with Crippen molar-refractivity contribution in [3.8, 4) is 0 Å². The lowest BCUT2D eigenvalue weighted by atomic mass is 10.2. The quantitative estimate of drug-likeness (QED) is 0.367. The van der Waals surface area contributed by atoms with Crippen LogP contribution in [0, 0.1) is 6.92 Å². The van der Waals surface area contributed by atoms with E-state index < -0.39 is 0 Å². The first-order chi connectivity index (χ1) is 7.38. The maximum Gasteiger partial charge on any atom is 0.169 e. The molecule has 0 heterocycles. The molecule has 1 aromatic carbocycles. The Bertz CT molecular complexity index is 414. The number of aryl methyl sites for hydroxylation is 1. The number of hydrogen-bond acceptors (Lipinski definition) is 3. The highest BCUT2D eigenvalue weighted by Gasteiger charge is 2.03. The highest BCUT2D eigenvalue weighted by molar-refractivity contribution is 7.86. The third-order valence-electron chi connectivity index (χ3n) is 1.38. The van der Waals surface area contributed by atoms with Gasteiger partial charge >= 0.3 is 0 Å². The first kappa shape index (κ1) is 16.3. The number of thiocarbonyl (C=S) groups is 2. The normalized spacial score (nSPS) is 8.56. The van der Waals surface area contributed by atoms with E-state index in [1.807, 2.05) is 6.92 Å². The van der Waals surface area contributed by atoms with Crippen LogP contribution in [0.1, 0.15) is 5.56 Å². The summed E-state index contributed by atoms with van der Waals surface area (Å²) in [4.78, 5) is 3.82. The summed E-state index contributed by atoms with van der Waals surface area (Å²) in [6.45, 7) is 1.86. The number of halogens is 4.